The summed E-state index contributed by atoms with van der Waals surface area (Å²) < 4.78 is 0.968. The molecule has 2 N–H and O–H groups in total. The molecule has 3 rings (SSSR count). The summed E-state index contributed by atoms with van der Waals surface area (Å²) in [6, 6.07) is 0. The first-order chi connectivity index (χ1) is 8.79. The van der Waals surface area contributed by atoms with Gasteiger partial charge in [0.25, 0.3) is 0 Å². The van der Waals surface area contributed by atoms with E-state index in [1.54, 1.807) is 0 Å². The molecule has 2 aromatic rings. The number of halogens is 1. The van der Waals surface area contributed by atoms with Gasteiger partial charge in [-0.2, -0.15) is 5.10 Å². The van der Waals surface area contributed by atoms with Crippen LogP contribution in [0.1, 0.15) is 31.4 Å². The Hall–Kier alpha value is -1.50. The predicted molar refractivity (Wildman–Crippen MR) is 71.2 cm³/mol. The second-order valence-electron chi connectivity index (χ2n) is 4.23. The highest BCUT2D eigenvalue weighted by atomic mass is 79.9. The Morgan fingerprint density at radius 2 is 2.28 bits per heavy atom. The van der Waals surface area contributed by atoms with Gasteiger partial charge in [-0.3, -0.25) is 5.10 Å². The van der Waals surface area contributed by atoms with E-state index >= 15 is 0 Å². The van der Waals surface area contributed by atoms with Crippen LogP contribution in [-0.2, 0) is 0 Å². The Morgan fingerprint density at radius 1 is 1.44 bits per heavy atom. The molecule has 0 radical (unpaired) electrons. The standard InChI is InChI=1S/C11H13BrN6/c1-2-13-9-7(12)8(6-3-4-6)16-11(17-9)10-14-5-15-18-10/h5-6H,2-4H2,1H3,(H,13,16,17)(H,14,15,18). The summed E-state index contributed by atoms with van der Waals surface area (Å²) in [5, 5.41) is 9.88. The van der Waals surface area contributed by atoms with E-state index < -0.39 is 0 Å². The lowest BCUT2D eigenvalue weighted by Crippen LogP contribution is -2.06. The molecule has 0 atom stereocenters. The van der Waals surface area contributed by atoms with Gasteiger partial charge in [0.1, 0.15) is 12.1 Å². The third-order valence-corrected chi connectivity index (χ3v) is 3.59. The number of rotatable bonds is 4. The van der Waals surface area contributed by atoms with E-state index in [0.29, 0.717) is 17.6 Å². The molecule has 18 heavy (non-hydrogen) atoms. The fraction of sp³-hybridized carbons (Fsp3) is 0.455. The highest BCUT2D eigenvalue weighted by molar-refractivity contribution is 9.10. The van der Waals surface area contributed by atoms with E-state index in [2.05, 4.69) is 46.4 Å². The molecule has 0 aliphatic heterocycles. The average molecular weight is 309 g/mol. The number of hydrogen-bond donors (Lipinski definition) is 2. The Balaban J connectivity index is 2.09. The zero-order valence-electron chi connectivity index (χ0n) is 9.94. The van der Waals surface area contributed by atoms with Crippen molar-refractivity contribution >= 4 is 21.7 Å². The van der Waals surface area contributed by atoms with Gasteiger partial charge in [-0.1, -0.05) is 0 Å². The first-order valence-electron chi connectivity index (χ1n) is 5.96. The van der Waals surface area contributed by atoms with Crippen LogP contribution >= 0.6 is 15.9 Å². The van der Waals surface area contributed by atoms with Gasteiger partial charge in [-0.15, -0.1) is 0 Å². The van der Waals surface area contributed by atoms with Crippen molar-refractivity contribution in [3.63, 3.8) is 0 Å². The topological polar surface area (TPSA) is 79.4 Å². The molecule has 0 unspecified atom stereocenters. The fourth-order valence-electron chi connectivity index (χ4n) is 1.80. The van der Waals surface area contributed by atoms with Crippen LogP contribution in [0.25, 0.3) is 11.6 Å². The number of nitrogens with one attached hydrogen (secondary N) is 2. The van der Waals surface area contributed by atoms with Crippen LogP contribution in [0.3, 0.4) is 0 Å². The maximum absolute atomic E-state index is 4.59. The van der Waals surface area contributed by atoms with Gasteiger partial charge in [0.2, 0.25) is 0 Å². The summed E-state index contributed by atoms with van der Waals surface area (Å²) in [6.07, 6.45) is 3.85. The van der Waals surface area contributed by atoms with Crippen LogP contribution in [0.2, 0.25) is 0 Å². The molecule has 94 valence electrons. The van der Waals surface area contributed by atoms with Crippen molar-refractivity contribution in [1.82, 2.24) is 25.1 Å². The average Bonchev–Trinajstić information content (AvgIpc) is 3.06. The van der Waals surface area contributed by atoms with Crippen LogP contribution in [0.15, 0.2) is 10.8 Å². The maximum atomic E-state index is 4.59. The normalized spacial score (nSPS) is 14.8. The summed E-state index contributed by atoms with van der Waals surface area (Å²) >= 11 is 3.59. The Kier molecular flexibility index (Phi) is 2.99. The van der Waals surface area contributed by atoms with Crippen molar-refractivity contribution < 1.29 is 0 Å². The van der Waals surface area contributed by atoms with E-state index in [9.17, 15) is 0 Å². The third-order valence-electron chi connectivity index (χ3n) is 2.81. The first-order valence-corrected chi connectivity index (χ1v) is 6.76. The van der Waals surface area contributed by atoms with Gasteiger partial charge in [-0.25, -0.2) is 15.0 Å². The SMILES string of the molecule is CCNc1nc(-c2ncn[nH]2)nc(C2CC2)c1Br. The summed E-state index contributed by atoms with van der Waals surface area (Å²) in [5.74, 6) is 2.55. The molecule has 1 saturated carbocycles. The minimum atomic E-state index is 0.543. The van der Waals surface area contributed by atoms with Crippen LogP contribution in [0.4, 0.5) is 5.82 Å². The minimum absolute atomic E-state index is 0.543. The number of anilines is 1. The molecular weight excluding hydrogens is 296 g/mol. The predicted octanol–water partition coefficient (Wildman–Crippen LogP) is 2.33. The van der Waals surface area contributed by atoms with Gasteiger partial charge in [0.05, 0.1) is 10.2 Å². The summed E-state index contributed by atoms with van der Waals surface area (Å²) in [4.78, 5) is 13.2. The number of hydrogen-bond acceptors (Lipinski definition) is 5. The Labute approximate surface area is 113 Å². The summed E-state index contributed by atoms with van der Waals surface area (Å²) in [7, 11) is 0. The molecule has 6 nitrogen and oxygen atoms in total. The van der Waals surface area contributed by atoms with Gasteiger partial charge >= 0.3 is 0 Å². The van der Waals surface area contributed by atoms with E-state index in [1.807, 2.05) is 6.92 Å². The molecular formula is C11H13BrN6. The van der Waals surface area contributed by atoms with Crippen molar-refractivity contribution in [2.75, 3.05) is 11.9 Å². The van der Waals surface area contributed by atoms with Crippen molar-refractivity contribution in [1.29, 1.82) is 0 Å². The lowest BCUT2D eigenvalue weighted by molar-refractivity contribution is 0.958. The summed E-state index contributed by atoms with van der Waals surface area (Å²) in [6.45, 7) is 2.86. The van der Waals surface area contributed by atoms with Gasteiger partial charge < -0.3 is 5.32 Å². The highest BCUT2D eigenvalue weighted by Crippen LogP contribution is 2.44. The van der Waals surface area contributed by atoms with Crippen molar-refractivity contribution in [2.45, 2.75) is 25.7 Å². The zero-order valence-corrected chi connectivity index (χ0v) is 11.5. The van der Waals surface area contributed by atoms with Gasteiger partial charge in [0.15, 0.2) is 11.6 Å². The van der Waals surface area contributed by atoms with E-state index in [-0.39, 0.29) is 0 Å². The van der Waals surface area contributed by atoms with Crippen molar-refractivity contribution in [3.05, 3.63) is 16.5 Å². The van der Waals surface area contributed by atoms with Crippen LogP contribution < -0.4 is 5.32 Å². The molecule has 0 amide bonds. The van der Waals surface area contributed by atoms with Crippen molar-refractivity contribution in [2.24, 2.45) is 0 Å². The molecule has 0 saturated heterocycles. The second-order valence-corrected chi connectivity index (χ2v) is 5.03. The van der Waals surface area contributed by atoms with Crippen molar-refractivity contribution in [3.8, 4) is 11.6 Å². The van der Waals surface area contributed by atoms with Gasteiger partial charge in [0, 0.05) is 12.5 Å². The molecule has 1 aliphatic rings. The Bertz CT molecular complexity index is 549. The van der Waals surface area contributed by atoms with E-state index in [1.165, 1.54) is 19.2 Å². The molecule has 2 aromatic heterocycles. The molecule has 1 aliphatic carbocycles. The molecule has 1 fully saturated rings. The van der Waals surface area contributed by atoms with Crippen LogP contribution in [-0.4, -0.2) is 31.7 Å². The second kappa shape index (κ2) is 4.64. The number of nitrogens with zero attached hydrogens (tertiary/aromatic N) is 4. The summed E-state index contributed by atoms with van der Waals surface area (Å²) in [5.41, 5.74) is 1.06. The lowest BCUT2D eigenvalue weighted by Gasteiger charge is -2.10. The largest absolute Gasteiger partial charge is 0.369 e. The van der Waals surface area contributed by atoms with E-state index in [0.717, 1.165) is 22.5 Å². The maximum Gasteiger partial charge on any atom is 0.199 e. The zero-order chi connectivity index (χ0) is 12.5. The molecule has 7 heteroatoms. The third kappa shape index (κ3) is 2.10. The highest BCUT2D eigenvalue weighted by Gasteiger charge is 2.29. The molecule has 2 heterocycles. The van der Waals surface area contributed by atoms with Gasteiger partial charge in [-0.05, 0) is 35.7 Å². The van der Waals surface area contributed by atoms with E-state index in [4.69, 9.17) is 0 Å². The Morgan fingerprint density at radius 3 is 2.89 bits per heavy atom. The smallest absolute Gasteiger partial charge is 0.199 e. The molecule has 0 bridgehead atoms. The number of aromatic amines is 1. The number of aromatic nitrogens is 5. The molecule has 0 spiro atoms. The quantitative estimate of drug-likeness (QED) is 0.906. The first kappa shape index (κ1) is 11.6. The fourth-order valence-corrected chi connectivity index (χ4v) is 2.44. The van der Waals surface area contributed by atoms with Crippen LogP contribution in [0, 0.1) is 0 Å². The number of H-pyrrole nitrogens is 1. The lowest BCUT2D eigenvalue weighted by atomic mass is 10.2. The monoisotopic (exact) mass is 308 g/mol. The minimum Gasteiger partial charge on any atom is -0.369 e. The van der Waals surface area contributed by atoms with Crippen LogP contribution in [0.5, 0.6) is 0 Å². The molecule has 0 aromatic carbocycles.